The van der Waals surface area contributed by atoms with Crippen molar-refractivity contribution in [2.75, 3.05) is 45.9 Å². The van der Waals surface area contributed by atoms with Crippen LogP contribution in [0.25, 0.3) is 0 Å². The van der Waals surface area contributed by atoms with Crippen molar-refractivity contribution in [2.24, 2.45) is 11.8 Å². The van der Waals surface area contributed by atoms with Crippen LogP contribution < -0.4 is 10.6 Å². The van der Waals surface area contributed by atoms with E-state index in [9.17, 15) is 4.79 Å². The molecule has 0 bridgehead atoms. The molecule has 5 heteroatoms. The summed E-state index contributed by atoms with van der Waals surface area (Å²) in [5, 5.41) is 6.43. The van der Waals surface area contributed by atoms with Crippen LogP contribution in [0.4, 0.5) is 4.79 Å². The molecule has 2 fully saturated rings. The molecule has 0 aliphatic carbocycles. The molecule has 0 spiro atoms. The molecule has 2 atom stereocenters. The fourth-order valence-corrected chi connectivity index (χ4v) is 2.42. The van der Waals surface area contributed by atoms with E-state index in [-0.39, 0.29) is 6.03 Å². The first-order valence-electron chi connectivity index (χ1n) is 6.58. The number of carbonyl (C=O) groups is 1. The highest BCUT2D eigenvalue weighted by Gasteiger charge is 2.23. The van der Waals surface area contributed by atoms with Crippen molar-refractivity contribution in [1.82, 2.24) is 15.5 Å². The Labute approximate surface area is 103 Å². The molecule has 2 unspecified atom stereocenters. The minimum Gasteiger partial charge on any atom is -0.378 e. The van der Waals surface area contributed by atoms with E-state index in [1.807, 2.05) is 4.90 Å². The van der Waals surface area contributed by atoms with Crippen LogP contribution in [-0.2, 0) is 4.74 Å². The topological polar surface area (TPSA) is 53.6 Å². The predicted octanol–water partition coefficient (Wildman–Crippen LogP) is 0.274. The molecular formula is C12H23N3O2. The summed E-state index contributed by atoms with van der Waals surface area (Å²) >= 11 is 0. The van der Waals surface area contributed by atoms with Crippen molar-refractivity contribution < 1.29 is 9.53 Å². The number of urea groups is 1. The van der Waals surface area contributed by atoms with Gasteiger partial charge in [0.05, 0.1) is 13.2 Å². The van der Waals surface area contributed by atoms with Gasteiger partial charge in [0, 0.05) is 19.6 Å². The Bertz CT molecular complexity index is 254. The van der Waals surface area contributed by atoms with Gasteiger partial charge >= 0.3 is 6.03 Å². The third-order valence-corrected chi connectivity index (χ3v) is 3.80. The summed E-state index contributed by atoms with van der Waals surface area (Å²) in [5.74, 6) is 1.26. The lowest BCUT2D eigenvalue weighted by molar-refractivity contribution is 0.0527. The largest absolute Gasteiger partial charge is 0.378 e. The van der Waals surface area contributed by atoms with E-state index in [1.165, 1.54) is 6.42 Å². The van der Waals surface area contributed by atoms with Gasteiger partial charge in [-0.05, 0) is 31.3 Å². The van der Waals surface area contributed by atoms with Crippen molar-refractivity contribution in [3.05, 3.63) is 0 Å². The zero-order valence-corrected chi connectivity index (χ0v) is 10.6. The monoisotopic (exact) mass is 241 g/mol. The van der Waals surface area contributed by atoms with Gasteiger partial charge in [0.25, 0.3) is 0 Å². The van der Waals surface area contributed by atoms with Crippen molar-refractivity contribution in [1.29, 1.82) is 0 Å². The van der Waals surface area contributed by atoms with Crippen LogP contribution in [0.2, 0.25) is 0 Å². The molecule has 5 nitrogen and oxygen atoms in total. The lowest BCUT2D eigenvalue weighted by atomic mass is 9.88. The van der Waals surface area contributed by atoms with E-state index in [4.69, 9.17) is 4.74 Å². The predicted molar refractivity (Wildman–Crippen MR) is 65.9 cm³/mol. The Balaban J connectivity index is 1.71. The van der Waals surface area contributed by atoms with Crippen LogP contribution in [0.1, 0.15) is 13.3 Å². The molecule has 17 heavy (non-hydrogen) atoms. The number of piperidine rings is 1. The van der Waals surface area contributed by atoms with Crippen LogP contribution in [-0.4, -0.2) is 56.9 Å². The molecule has 2 N–H and O–H groups in total. The molecule has 0 saturated carbocycles. The minimum absolute atomic E-state index is 0.0612. The molecule has 0 radical (unpaired) electrons. The van der Waals surface area contributed by atoms with Gasteiger partial charge in [0.2, 0.25) is 0 Å². The summed E-state index contributed by atoms with van der Waals surface area (Å²) < 4.78 is 5.23. The maximum Gasteiger partial charge on any atom is 0.317 e. The first kappa shape index (κ1) is 12.6. The van der Waals surface area contributed by atoms with Gasteiger partial charge in [-0.2, -0.15) is 0 Å². The normalized spacial score (nSPS) is 30.1. The van der Waals surface area contributed by atoms with E-state index in [0.29, 0.717) is 38.1 Å². The maximum atomic E-state index is 11.9. The quantitative estimate of drug-likeness (QED) is 0.730. The van der Waals surface area contributed by atoms with E-state index in [1.54, 1.807) is 0 Å². The average molecular weight is 241 g/mol. The van der Waals surface area contributed by atoms with E-state index in [0.717, 1.165) is 19.6 Å². The fraction of sp³-hybridized carbons (Fsp3) is 0.917. The lowest BCUT2D eigenvalue weighted by Crippen LogP contribution is -2.49. The second kappa shape index (κ2) is 6.21. The molecule has 0 aromatic rings. The van der Waals surface area contributed by atoms with Gasteiger partial charge in [0.1, 0.15) is 0 Å². The van der Waals surface area contributed by atoms with E-state index in [2.05, 4.69) is 17.6 Å². The summed E-state index contributed by atoms with van der Waals surface area (Å²) in [6.45, 7) is 7.93. The second-order valence-electron chi connectivity index (χ2n) is 5.02. The third-order valence-electron chi connectivity index (χ3n) is 3.80. The highest BCUT2D eigenvalue weighted by molar-refractivity contribution is 5.74. The first-order chi connectivity index (χ1) is 8.27. The van der Waals surface area contributed by atoms with Gasteiger partial charge in [0.15, 0.2) is 0 Å². The number of morpholine rings is 1. The van der Waals surface area contributed by atoms with E-state index >= 15 is 0 Å². The van der Waals surface area contributed by atoms with Gasteiger partial charge in [-0.1, -0.05) is 6.92 Å². The van der Waals surface area contributed by atoms with Gasteiger partial charge in [-0.15, -0.1) is 0 Å². The molecular weight excluding hydrogens is 218 g/mol. The van der Waals surface area contributed by atoms with Crippen LogP contribution >= 0.6 is 0 Å². The number of carbonyl (C=O) groups excluding carboxylic acids is 1. The van der Waals surface area contributed by atoms with Crippen molar-refractivity contribution in [2.45, 2.75) is 13.3 Å². The number of hydrogen-bond donors (Lipinski definition) is 2. The summed E-state index contributed by atoms with van der Waals surface area (Å²) in [5.41, 5.74) is 0. The Morgan fingerprint density at radius 3 is 2.94 bits per heavy atom. The molecule has 0 aromatic carbocycles. The van der Waals surface area contributed by atoms with Crippen molar-refractivity contribution >= 4 is 6.03 Å². The highest BCUT2D eigenvalue weighted by Crippen LogP contribution is 2.17. The lowest BCUT2D eigenvalue weighted by Gasteiger charge is -2.31. The number of rotatable bonds is 2. The van der Waals surface area contributed by atoms with Crippen molar-refractivity contribution in [3.8, 4) is 0 Å². The van der Waals surface area contributed by atoms with Gasteiger partial charge in [-0.25, -0.2) is 4.79 Å². The molecule has 2 saturated heterocycles. The van der Waals surface area contributed by atoms with Crippen LogP contribution in [0, 0.1) is 11.8 Å². The summed E-state index contributed by atoms with van der Waals surface area (Å²) in [4.78, 5) is 13.7. The molecule has 2 heterocycles. The number of hydrogen-bond acceptors (Lipinski definition) is 3. The van der Waals surface area contributed by atoms with Gasteiger partial charge in [-0.3, -0.25) is 0 Å². The molecule has 2 aliphatic heterocycles. The molecule has 0 aromatic heterocycles. The zero-order chi connectivity index (χ0) is 12.1. The number of nitrogens with one attached hydrogen (secondary N) is 2. The Morgan fingerprint density at radius 2 is 2.24 bits per heavy atom. The Hall–Kier alpha value is -0.810. The van der Waals surface area contributed by atoms with Crippen LogP contribution in [0.3, 0.4) is 0 Å². The maximum absolute atomic E-state index is 11.9. The summed E-state index contributed by atoms with van der Waals surface area (Å²) in [6, 6.07) is 0.0612. The molecule has 2 amide bonds. The zero-order valence-electron chi connectivity index (χ0n) is 10.6. The molecule has 2 rings (SSSR count). The fourth-order valence-electron chi connectivity index (χ4n) is 2.42. The standard InChI is InChI=1S/C12H23N3O2/c1-10-2-3-13-8-11(10)9-14-12(16)15-4-6-17-7-5-15/h10-11,13H,2-9H2,1H3,(H,14,16). The SMILES string of the molecule is CC1CCNCC1CNC(=O)N1CCOCC1. The number of ether oxygens (including phenoxy) is 1. The Kier molecular flexibility index (Phi) is 4.62. The minimum atomic E-state index is 0.0612. The first-order valence-corrected chi connectivity index (χ1v) is 6.58. The van der Waals surface area contributed by atoms with Gasteiger partial charge < -0.3 is 20.3 Å². The van der Waals surface area contributed by atoms with Crippen LogP contribution in [0.15, 0.2) is 0 Å². The summed E-state index contributed by atoms with van der Waals surface area (Å²) in [6.07, 6.45) is 1.21. The van der Waals surface area contributed by atoms with E-state index < -0.39 is 0 Å². The highest BCUT2D eigenvalue weighted by atomic mass is 16.5. The third kappa shape index (κ3) is 3.57. The van der Waals surface area contributed by atoms with Crippen molar-refractivity contribution in [3.63, 3.8) is 0 Å². The smallest absolute Gasteiger partial charge is 0.317 e. The molecule has 2 aliphatic rings. The number of nitrogens with zero attached hydrogens (tertiary/aromatic N) is 1. The number of amides is 2. The second-order valence-corrected chi connectivity index (χ2v) is 5.02. The average Bonchev–Trinajstić information content (AvgIpc) is 2.38. The summed E-state index contributed by atoms with van der Waals surface area (Å²) in [7, 11) is 0. The molecule has 98 valence electrons. The Morgan fingerprint density at radius 1 is 1.47 bits per heavy atom. The van der Waals surface area contributed by atoms with Crippen LogP contribution in [0.5, 0.6) is 0 Å².